The van der Waals surface area contributed by atoms with Crippen molar-refractivity contribution in [3.63, 3.8) is 0 Å². The largest absolute Gasteiger partial charge is 0.337 e. The molecular weight excluding hydrogens is 419 g/mol. The van der Waals surface area contributed by atoms with Crippen molar-refractivity contribution < 1.29 is 4.79 Å². The molecule has 19 heavy (non-hydrogen) atoms. The summed E-state index contributed by atoms with van der Waals surface area (Å²) in [6, 6.07) is 6.31. The second-order valence-electron chi connectivity index (χ2n) is 5.34. The van der Waals surface area contributed by atoms with Gasteiger partial charge in [-0.15, -0.1) is 0 Å². The number of carbonyl (C=O) groups excluding carboxylic acids is 1. The first-order valence-corrected chi connectivity index (χ1v) is 8.18. The molecule has 1 amide bonds. The summed E-state index contributed by atoms with van der Waals surface area (Å²) in [4.78, 5) is 16.8. The fraction of sp³-hybridized carbons (Fsp3) is 0.500. The van der Waals surface area contributed by atoms with Gasteiger partial charge in [-0.05, 0) is 60.8 Å². The quantitative estimate of drug-likeness (QED) is 0.665. The summed E-state index contributed by atoms with van der Waals surface area (Å²) in [5, 5.41) is 0. The Hall–Kier alpha value is -0.140. The summed E-state index contributed by atoms with van der Waals surface area (Å²) in [6.07, 6.45) is 0. The Morgan fingerprint density at radius 3 is 2.68 bits per heavy atom. The zero-order valence-electron chi connectivity index (χ0n) is 11.4. The van der Waals surface area contributed by atoms with Gasteiger partial charge in [-0.1, -0.05) is 22.9 Å². The molecule has 104 valence electrons. The Morgan fingerprint density at radius 2 is 2.11 bits per heavy atom. The van der Waals surface area contributed by atoms with E-state index in [4.69, 9.17) is 0 Å². The predicted molar refractivity (Wildman–Crippen MR) is 89.4 cm³/mol. The molecule has 1 aromatic rings. The van der Waals surface area contributed by atoms with Gasteiger partial charge in [0.1, 0.15) is 0 Å². The van der Waals surface area contributed by atoms with Gasteiger partial charge in [0.25, 0.3) is 5.91 Å². The molecule has 3 nitrogen and oxygen atoms in total. The molecule has 0 aromatic heterocycles. The van der Waals surface area contributed by atoms with Crippen LogP contribution < -0.4 is 0 Å². The summed E-state index contributed by atoms with van der Waals surface area (Å²) in [6.45, 7) is 3.86. The fourth-order valence-electron chi connectivity index (χ4n) is 2.62. The fourth-order valence-corrected chi connectivity index (χ4v) is 3.55. The highest BCUT2D eigenvalue weighted by atomic mass is 127. The Balaban J connectivity index is 2.19. The Labute approximate surface area is 136 Å². The molecule has 1 aliphatic heterocycles. The minimum Gasteiger partial charge on any atom is -0.337 e. The molecular formula is C14H18BrIN2O. The van der Waals surface area contributed by atoms with Crippen molar-refractivity contribution in [2.75, 3.05) is 27.2 Å². The van der Waals surface area contributed by atoms with E-state index in [2.05, 4.69) is 64.4 Å². The third-order valence-corrected chi connectivity index (χ3v) is 5.12. The average molecular weight is 437 g/mol. The van der Waals surface area contributed by atoms with Crippen LogP contribution >= 0.6 is 38.5 Å². The van der Waals surface area contributed by atoms with Gasteiger partial charge in [0.15, 0.2) is 0 Å². The van der Waals surface area contributed by atoms with E-state index in [1.807, 2.05) is 23.1 Å². The molecule has 0 saturated carbocycles. The minimum absolute atomic E-state index is 0.141. The van der Waals surface area contributed by atoms with Crippen molar-refractivity contribution in [3.05, 3.63) is 31.8 Å². The molecule has 1 aromatic carbocycles. The van der Waals surface area contributed by atoms with Crippen molar-refractivity contribution in [1.82, 2.24) is 9.80 Å². The molecule has 1 fully saturated rings. The van der Waals surface area contributed by atoms with E-state index in [1.165, 1.54) is 0 Å². The normalized spacial score (nSPS) is 23.2. The lowest BCUT2D eigenvalue weighted by Gasteiger charge is -2.22. The molecule has 1 saturated heterocycles. The Kier molecular flexibility index (Phi) is 4.89. The zero-order valence-corrected chi connectivity index (χ0v) is 15.1. The number of amides is 1. The predicted octanol–water partition coefficient (Wildman–Crippen LogP) is 3.08. The first kappa shape index (κ1) is 15.3. The van der Waals surface area contributed by atoms with Gasteiger partial charge in [0, 0.05) is 27.2 Å². The molecule has 0 aliphatic carbocycles. The topological polar surface area (TPSA) is 23.6 Å². The van der Waals surface area contributed by atoms with Crippen LogP contribution in [0.3, 0.4) is 0 Å². The SMILES string of the molecule is CC1CN(C(=O)c2cc(Br)ccc2I)CC1N(C)C. The lowest BCUT2D eigenvalue weighted by molar-refractivity contribution is 0.0780. The molecule has 5 heteroatoms. The van der Waals surface area contributed by atoms with Crippen molar-refractivity contribution in [1.29, 1.82) is 0 Å². The smallest absolute Gasteiger partial charge is 0.255 e. The molecule has 2 unspecified atom stereocenters. The molecule has 0 spiro atoms. The number of nitrogens with zero attached hydrogens (tertiary/aromatic N) is 2. The third kappa shape index (κ3) is 3.31. The average Bonchev–Trinajstić information content (AvgIpc) is 2.74. The van der Waals surface area contributed by atoms with Crippen LogP contribution in [0.4, 0.5) is 0 Å². The first-order chi connectivity index (χ1) is 8.90. The van der Waals surface area contributed by atoms with E-state index in [9.17, 15) is 4.79 Å². The number of halogens is 2. The van der Waals surface area contributed by atoms with Gasteiger partial charge in [-0.25, -0.2) is 0 Å². The highest BCUT2D eigenvalue weighted by molar-refractivity contribution is 14.1. The molecule has 1 aliphatic rings. The molecule has 2 atom stereocenters. The zero-order chi connectivity index (χ0) is 14.2. The summed E-state index contributed by atoms with van der Waals surface area (Å²) in [5.74, 6) is 0.658. The molecule has 1 heterocycles. The minimum atomic E-state index is 0.141. The number of hydrogen-bond acceptors (Lipinski definition) is 2. The van der Waals surface area contributed by atoms with Crippen molar-refractivity contribution >= 4 is 44.4 Å². The third-order valence-electron chi connectivity index (χ3n) is 3.68. The highest BCUT2D eigenvalue weighted by Crippen LogP contribution is 2.25. The standard InChI is InChI=1S/C14H18BrIN2O/c1-9-7-18(8-13(9)17(2)3)14(19)11-6-10(15)4-5-12(11)16/h4-6,9,13H,7-8H2,1-3H3. The van der Waals surface area contributed by atoms with E-state index < -0.39 is 0 Å². The van der Waals surface area contributed by atoms with Crippen molar-refractivity contribution in [2.24, 2.45) is 5.92 Å². The molecule has 0 bridgehead atoms. The summed E-state index contributed by atoms with van der Waals surface area (Å²) in [7, 11) is 4.16. The van der Waals surface area contributed by atoms with E-state index in [0.717, 1.165) is 26.7 Å². The van der Waals surface area contributed by atoms with Crippen LogP contribution in [0.1, 0.15) is 17.3 Å². The number of likely N-dealkylation sites (tertiary alicyclic amines) is 1. The summed E-state index contributed by atoms with van der Waals surface area (Å²) < 4.78 is 1.96. The second-order valence-corrected chi connectivity index (χ2v) is 7.42. The van der Waals surface area contributed by atoms with E-state index in [-0.39, 0.29) is 5.91 Å². The van der Waals surface area contributed by atoms with Crippen LogP contribution in [0.25, 0.3) is 0 Å². The van der Waals surface area contributed by atoms with Gasteiger partial charge < -0.3 is 9.80 Å². The lowest BCUT2D eigenvalue weighted by atomic mass is 10.1. The highest BCUT2D eigenvalue weighted by Gasteiger charge is 2.34. The maximum absolute atomic E-state index is 12.6. The van der Waals surface area contributed by atoms with Gasteiger partial charge in [-0.3, -0.25) is 4.79 Å². The number of rotatable bonds is 2. The van der Waals surface area contributed by atoms with E-state index >= 15 is 0 Å². The molecule has 2 rings (SSSR count). The number of hydrogen-bond donors (Lipinski definition) is 0. The van der Waals surface area contributed by atoms with E-state index in [1.54, 1.807) is 0 Å². The van der Waals surface area contributed by atoms with Crippen LogP contribution in [0, 0.1) is 9.49 Å². The van der Waals surface area contributed by atoms with Gasteiger partial charge >= 0.3 is 0 Å². The monoisotopic (exact) mass is 436 g/mol. The maximum atomic E-state index is 12.6. The number of carbonyl (C=O) groups is 1. The molecule has 0 radical (unpaired) electrons. The van der Waals surface area contributed by atoms with Crippen LogP contribution in [-0.4, -0.2) is 48.9 Å². The summed E-state index contributed by atoms with van der Waals surface area (Å²) >= 11 is 5.66. The van der Waals surface area contributed by atoms with Crippen LogP contribution in [0.2, 0.25) is 0 Å². The second kappa shape index (κ2) is 6.10. The van der Waals surface area contributed by atoms with Crippen molar-refractivity contribution in [3.8, 4) is 0 Å². The van der Waals surface area contributed by atoms with Gasteiger partial charge in [0.2, 0.25) is 0 Å². The molecule has 0 N–H and O–H groups in total. The van der Waals surface area contributed by atoms with Crippen LogP contribution in [-0.2, 0) is 0 Å². The Bertz CT molecular complexity index is 492. The summed E-state index contributed by atoms with van der Waals surface area (Å²) in [5.41, 5.74) is 0.793. The number of benzene rings is 1. The van der Waals surface area contributed by atoms with E-state index in [0.29, 0.717) is 12.0 Å². The number of likely N-dealkylation sites (N-methyl/N-ethyl adjacent to an activating group) is 1. The lowest BCUT2D eigenvalue weighted by Crippen LogP contribution is -2.36. The van der Waals surface area contributed by atoms with Crippen LogP contribution in [0.5, 0.6) is 0 Å². The van der Waals surface area contributed by atoms with Gasteiger partial charge in [0.05, 0.1) is 5.56 Å². The van der Waals surface area contributed by atoms with Crippen molar-refractivity contribution in [2.45, 2.75) is 13.0 Å². The van der Waals surface area contributed by atoms with Gasteiger partial charge in [-0.2, -0.15) is 0 Å². The first-order valence-electron chi connectivity index (χ1n) is 6.31. The maximum Gasteiger partial charge on any atom is 0.255 e. The Morgan fingerprint density at radius 1 is 1.42 bits per heavy atom. The van der Waals surface area contributed by atoms with Crippen LogP contribution in [0.15, 0.2) is 22.7 Å².